The largest absolute Gasteiger partial charge is 0.357 e. The molecule has 122 valence electrons. The van der Waals surface area contributed by atoms with E-state index in [1.165, 1.54) is 12.8 Å². The normalized spacial score (nSPS) is 15.2. The van der Waals surface area contributed by atoms with Crippen LogP contribution in [0, 0.1) is 0 Å². The minimum atomic E-state index is 0.659. The summed E-state index contributed by atoms with van der Waals surface area (Å²) >= 11 is 5.90. The van der Waals surface area contributed by atoms with Gasteiger partial charge in [0.1, 0.15) is 0 Å². The first kappa shape index (κ1) is 17.1. The van der Waals surface area contributed by atoms with Crippen LogP contribution in [0.2, 0.25) is 5.02 Å². The summed E-state index contributed by atoms with van der Waals surface area (Å²) in [5.74, 6) is 0.879. The van der Waals surface area contributed by atoms with Gasteiger partial charge in [0, 0.05) is 30.7 Å². The van der Waals surface area contributed by atoms with E-state index in [9.17, 15) is 0 Å². The van der Waals surface area contributed by atoms with E-state index in [2.05, 4.69) is 34.4 Å². The van der Waals surface area contributed by atoms with Gasteiger partial charge in [-0.3, -0.25) is 4.90 Å². The molecule has 0 amide bonds. The Morgan fingerprint density at radius 2 is 1.95 bits per heavy atom. The molecule has 0 aliphatic heterocycles. The SMILES string of the molecule is CCNC(=NCc1ccc(Cl)cc1)NCCN(CC)C1CC1. The number of nitrogens with one attached hydrogen (secondary N) is 2. The molecule has 1 aromatic carbocycles. The molecule has 2 N–H and O–H groups in total. The molecule has 1 aliphatic rings. The lowest BCUT2D eigenvalue weighted by atomic mass is 10.2. The van der Waals surface area contributed by atoms with Gasteiger partial charge in [0.2, 0.25) is 0 Å². The average Bonchev–Trinajstić information content (AvgIpc) is 3.35. The van der Waals surface area contributed by atoms with E-state index in [0.717, 1.165) is 48.8 Å². The molecular weight excluding hydrogens is 296 g/mol. The van der Waals surface area contributed by atoms with E-state index in [-0.39, 0.29) is 0 Å². The Labute approximate surface area is 138 Å². The molecule has 0 bridgehead atoms. The highest BCUT2D eigenvalue weighted by Gasteiger charge is 2.27. The van der Waals surface area contributed by atoms with Crippen molar-refractivity contribution in [1.82, 2.24) is 15.5 Å². The molecule has 5 heteroatoms. The van der Waals surface area contributed by atoms with Gasteiger partial charge in [0.15, 0.2) is 5.96 Å². The molecule has 0 heterocycles. The minimum absolute atomic E-state index is 0.659. The maximum absolute atomic E-state index is 5.90. The van der Waals surface area contributed by atoms with E-state index < -0.39 is 0 Å². The van der Waals surface area contributed by atoms with Crippen LogP contribution in [-0.4, -0.2) is 43.1 Å². The van der Waals surface area contributed by atoms with Crippen molar-refractivity contribution in [3.05, 3.63) is 34.9 Å². The Bertz CT molecular complexity index is 468. The molecule has 1 fully saturated rings. The number of aliphatic imine (C=N–C) groups is 1. The Hall–Kier alpha value is -1.26. The zero-order chi connectivity index (χ0) is 15.8. The zero-order valence-corrected chi connectivity index (χ0v) is 14.4. The minimum Gasteiger partial charge on any atom is -0.357 e. The summed E-state index contributed by atoms with van der Waals surface area (Å²) in [7, 11) is 0. The lowest BCUT2D eigenvalue weighted by molar-refractivity contribution is 0.282. The smallest absolute Gasteiger partial charge is 0.191 e. The van der Waals surface area contributed by atoms with E-state index in [1.54, 1.807) is 0 Å². The maximum atomic E-state index is 5.90. The van der Waals surface area contributed by atoms with Crippen molar-refractivity contribution in [3.8, 4) is 0 Å². The molecule has 0 saturated heterocycles. The Kier molecular flexibility index (Phi) is 7.00. The lowest BCUT2D eigenvalue weighted by Gasteiger charge is -2.20. The highest BCUT2D eigenvalue weighted by atomic mass is 35.5. The molecule has 2 rings (SSSR count). The van der Waals surface area contributed by atoms with E-state index >= 15 is 0 Å². The molecule has 1 saturated carbocycles. The van der Waals surface area contributed by atoms with Gasteiger partial charge in [-0.2, -0.15) is 0 Å². The molecule has 4 nitrogen and oxygen atoms in total. The molecule has 0 spiro atoms. The summed E-state index contributed by atoms with van der Waals surface area (Å²) < 4.78 is 0. The predicted octanol–water partition coefficient (Wildman–Crippen LogP) is 2.88. The first-order valence-electron chi connectivity index (χ1n) is 8.23. The van der Waals surface area contributed by atoms with E-state index in [0.29, 0.717) is 6.54 Å². The Morgan fingerprint density at radius 3 is 2.55 bits per heavy atom. The van der Waals surface area contributed by atoms with E-state index in [4.69, 9.17) is 11.6 Å². The van der Waals surface area contributed by atoms with Gasteiger partial charge in [-0.15, -0.1) is 0 Å². The Morgan fingerprint density at radius 1 is 1.23 bits per heavy atom. The van der Waals surface area contributed by atoms with Crippen LogP contribution in [0.5, 0.6) is 0 Å². The second kappa shape index (κ2) is 9.01. The van der Waals surface area contributed by atoms with Crippen LogP contribution in [0.4, 0.5) is 0 Å². The van der Waals surface area contributed by atoms with Crippen LogP contribution < -0.4 is 10.6 Å². The average molecular weight is 323 g/mol. The number of nitrogens with zero attached hydrogens (tertiary/aromatic N) is 2. The van der Waals surface area contributed by atoms with Crippen LogP contribution >= 0.6 is 11.6 Å². The number of benzene rings is 1. The van der Waals surface area contributed by atoms with Gasteiger partial charge < -0.3 is 10.6 Å². The fourth-order valence-electron chi connectivity index (χ4n) is 2.46. The van der Waals surface area contributed by atoms with Crippen LogP contribution in [0.25, 0.3) is 0 Å². The van der Waals surface area contributed by atoms with Crippen LogP contribution in [0.15, 0.2) is 29.3 Å². The van der Waals surface area contributed by atoms with Crippen molar-refractivity contribution in [2.75, 3.05) is 26.2 Å². The summed E-state index contributed by atoms with van der Waals surface area (Å²) in [6, 6.07) is 8.66. The fourth-order valence-corrected chi connectivity index (χ4v) is 2.58. The third-order valence-corrected chi connectivity index (χ3v) is 4.09. The zero-order valence-electron chi connectivity index (χ0n) is 13.6. The van der Waals surface area contributed by atoms with Crippen molar-refractivity contribution in [1.29, 1.82) is 0 Å². The number of hydrogen-bond donors (Lipinski definition) is 2. The maximum Gasteiger partial charge on any atom is 0.191 e. The second-order valence-electron chi connectivity index (χ2n) is 5.61. The standard InChI is InChI=1S/C17H27ClN4/c1-3-19-17(20-11-12-22(4-2)16-9-10-16)21-13-14-5-7-15(18)8-6-14/h5-8,16H,3-4,9-13H2,1-2H3,(H2,19,20,21). The predicted molar refractivity (Wildman–Crippen MR) is 94.5 cm³/mol. The van der Waals surface area contributed by atoms with Gasteiger partial charge in [-0.1, -0.05) is 30.7 Å². The number of rotatable bonds is 8. The van der Waals surface area contributed by atoms with Gasteiger partial charge in [0.25, 0.3) is 0 Å². The molecule has 1 aromatic rings. The number of hydrogen-bond acceptors (Lipinski definition) is 2. The van der Waals surface area contributed by atoms with Crippen LogP contribution in [-0.2, 0) is 6.54 Å². The molecule has 1 aliphatic carbocycles. The fraction of sp³-hybridized carbons (Fsp3) is 0.588. The first-order valence-corrected chi connectivity index (χ1v) is 8.61. The highest BCUT2D eigenvalue weighted by molar-refractivity contribution is 6.30. The van der Waals surface area contributed by atoms with Gasteiger partial charge in [0.05, 0.1) is 6.54 Å². The number of guanidine groups is 1. The molecular formula is C17H27ClN4. The lowest BCUT2D eigenvalue weighted by Crippen LogP contribution is -2.42. The number of likely N-dealkylation sites (N-methyl/N-ethyl adjacent to an activating group) is 1. The highest BCUT2D eigenvalue weighted by Crippen LogP contribution is 2.25. The van der Waals surface area contributed by atoms with Gasteiger partial charge >= 0.3 is 0 Å². The summed E-state index contributed by atoms with van der Waals surface area (Å²) in [4.78, 5) is 7.17. The third-order valence-electron chi connectivity index (χ3n) is 3.84. The van der Waals surface area contributed by atoms with Gasteiger partial charge in [-0.25, -0.2) is 4.99 Å². The quantitative estimate of drug-likeness (QED) is 0.571. The van der Waals surface area contributed by atoms with Crippen molar-refractivity contribution in [3.63, 3.8) is 0 Å². The molecule has 0 radical (unpaired) electrons. The summed E-state index contributed by atoms with van der Waals surface area (Å²) in [6.45, 7) is 8.98. The molecule has 0 atom stereocenters. The molecule has 22 heavy (non-hydrogen) atoms. The van der Waals surface area contributed by atoms with Crippen LogP contribution in [0.3, 0.4) is 0 Å². The third kappa shape index (κ3) is 5.85. The van der Waals surface area contributed by atoms with E-state index in [1.807, 2.05) is 24.3 Å². The number of halogens is 1. The van der Waals surface area contributed by atoms with Gasteiger partial charge in [-0.05, 0) is 44.0 Å². The summed E-state index contributed by atoms with van der Waals surface area (Å²) in [5, 5.41) is 7.48. The molecule has 0 aromatic heterocycles. The Balaban J connectivity index is 1.80. The topological polar surface area (TPSA) is 39.7 Å². The van der Waals surface area contributed by atoms with Crippen LogP contribution in [0.1, 0.15) is 32.3 Å². The summed E-state index contributed by atoms with van der Waals surface area (Å²) in [5.41, 5.74) is 1.16. The first-order chi connectivity index (χ1) is 10.7. The molecule has 0 unspecified atom stereocenters. The van der Waals surface area contributed by atoms with Crippen molar-refractivity contribution >= 4 is 17.6 Å². The summed E-state index contributed by atoms with van der Waals surface area (Å²) in [6.07, 6.45) is 2.72. The monoisotopic (exact) mass is 322 g/mol. The second-order valence-corrected chi connectivity index (χ2v) is 6.04. The van der Waals surface area contributed by atoms with Crippen molar-refractivity contribution in [2.24, 2.45) is 4.99 Å². The van der Waals surface area contributed by atoms with Crippen molar-refractivity contribution < 1.29 is 0 Å². The van der Waals surface area contributed by atoms with Crippen molar-refractivity contribution in [2.45, 2.75) is 39.3 Å².